The molecule has 2 aromatic rings. The predicted octanol–water partition coefficient (Wildman–Crippen LogP) is 3.37. The van der Waals surface area contributed by atoms with Crippen molar-refractivity contribution in [1.82, 2.24) is 10.2 Å². The van der Waals surface area contributed by atoms with Crippen molar-refractivity contribution in [2.45, 2.75) is 46.2 Å². The maximum atomic E-state index is 13.8. The molecule has 0 radical (unpaired) electrons. The normalized spacial score (nSPS) is 12.2. The lowest BCUT2D eigenvalue weighted by atomic mass is 10.1. The highest BCUT2D eigenvalue weighted by molar-refractivity contribution is 7.92. The summed E-state index contributed by atoms with van der Waals surface area (Å²) in [6.07, 6.45) is 1.89. The first-order valence-corrected chi connectivity index (χ1v) is 12.9. The number of hydrogen-bond acceptors (Lipinski definition) is 4. The molecular formula is C24H31F2N3O4S. The van der Waals surface area contributed by atoms with E-state index in [1.54, 1.807) is 6.92 Å². The fourth-order valence-corrected chi connectivity index (χ4v) is 4.39. The van der Waals surface area contributed by atoms with E-state index >= 15 is 0 Å². The Morgan fingerprint density at radius 1 is 1.06 bits per heavy atom. The number of aryl methyl sites for hydroxylation is 1. The van der Waals surface area contributed by atoms with Gasteiger partial charge in [-0.25, -0.2) is 17.2 Å². The summed E-state index contributed by atoms with van der Waals surface area (Å²) in [7, 11) is -4.03. The number of carbonyl (C=O) groups is 2. The van der Waals surface area contributed by atoms with Gasteiger partial charge in [0.15, 0.2) is 11.6 Å². The smallest absolute Gasteiger partial charge is 0.244 e. The van der Waals surface area contributed by atoms with Crippen LogP contribution < -0.4 is 9.62 Å². The molecule has 1 N–H and O–H groups in total. The fraction of sp³-hybridized carbons (Fsp3) is 0.417. The van der Waals surface area contributed by atoms with E-state index < -0.39 is 40.2 Å². The number of benzene rings is 2. The fourth-order valence-electron chi connectivity index (χ4n) is 3.55. The van der Waals surface area contributed by atoms with Crippen molar-refractivity contribution in [1.29, 1.82) is 0 Å². The zero-order chi connectivity index (χ0) is 25.5. The third-order valence-corrected chi connectivity index (χ3v) is 6.38. The number of anilines is 1. The lowest BCUT2D eigenvalue weighted by Gasteiger charge is -2.33. The van der Waals surface area contributed by atoms with Crippen LogP contribution >= 0.6 is 0 Å². The SMILES string of the molecule is CCCNC(=O)[C@H](CC)N(Cc1cccc(C)c1)C(=O)CN(c1ccc(F)c(F)c1)S(C)(=O)=O. The van der Waals surface area contributed by atoms with Gasteiger partial charge in [-0.2, -0.15) is 0 Å². The minimum absolute atomic E-state index is 0.0773. The summed E-state index contributed by atoms with van der Waals surface area (Å²) in [5, 5.41) is 2.79. The molecule has 0 fully saturated rings. The summed E-state index contributed by atoms with van der Waals surface area (Å²) in [4.78, 5) is 27.6. The molecule has 7 nitrogen and oxygen atoms in total. The van der Waals surface area contributed by atoms with Crippen molar-refractivity contribution in [2.24, 2.45) is 0 Å². The van der Waals surface area contributed by atoms with Crippen LogP contribution in [0, 0.1) is 18.6 Å². The minimum Gasteiger partial charge on any atom is -0.354 e. The number of carbonyl (C=O) groups excluding carboxylic acids is 2. The number of sulfonamides is 1. The van der Waals surface area contributed by atoms with E-state index in [1.807, 2.05) is 38.1 Å². The summed E-state index contributed by atoms with van der Waals surface area (Å²) in [6, 6.07) is 9.18. The molecule has 2 rings (SSSR count). The molecule has 0 unspecified atom stereocenters. The molecule has 34 heavy (non-hydrogen) atoms. The largest absolute Gasteiger partial charge is 0.354 e. The lowest BCUT2D eigenvalue weighted by molar-refractivity contribution is -0.140. The molecule has 0 aromatic heterocycles. The van der Waals surface area contributed by atoms with Crippen LogP contribution in [-0.2, 0) is 26.2 Å². The monoisotopic (exact) mass is 495 g/mol. The maximum Gasteiger partial charge on any atom is 0.244 e. The maximum absolute atomic E-state index is 13.8. The highest BCUT2D eigenvalue weighted by Crippen LogP contribution is 2.22. The Kier molecular flexibility index (Phi) is 9.55. The van der Waals surface area contributed by atoms with E-state index in [1.165, 1.54) is 4.90 Å². The Morgan fingerprint density at radius 2 is 1.76 bits per heavy atom. The van der Waals surface area contributed by atoms with Crippen LogP contribution in [0.3, 0.4) is 0 Å². The molecule has 0 aliphatic heterocycles. The van der Waals surface area contributed by atoms with Crippen LogP contribution in [0.4, 0.5) is 14.5 Å². The predicted molar refractivity (Wildman–Crippen MR) is 128 cm³/mol. The summed E-state index contributed by atoms with van der Waals surface area (Å²) >= 11 is 0. The molecule has 0 saturated heterocycles. The van der Waals surface area contributed by atoms with Crippen LogP contribution in [-0.4, -0.2) is 50.5 Å². The Morgan fingerprint density at radius 3 is 2.32 bits per heavy atom. The average Bonchev–Trinajstić information content (AvgIpc) is 2.77. The van der Waals surface area contributed by atoms with Gasteiger partial charge < -0.3 is 10.2 Å². The molecule has 0 spiro atoms. The number of nitrogens with zero attached hydrogens (tertiary/aromatic N) is 2. The zero-order valence-electron chi connectivity index (χ0n) is 19.8. The summed E-state index contributed by atoms with van der Waals surface area (Å²) in [6.45, 7) is 5.40. The van der Waals surface area contributed by atoms with Gasteiger partial charge in [-0.15, -0.1) is 0 Å². The van der Waals surface area contributed by atoms with Crippen molar-refractivity contribution < 1.29 is 26.8 Å². The Labute approximate surface area is 199 Å². The Hall–Kier alpha value is -3.01. The van der Waals surface area contributed by atoms with Crippen molar-refractivity contribution in [2.75, 3.05) is 23.7 Å². The standard InChI is InChI=1S/C24H31F2N3O4S/c1-5-12-27-24(31)22(6-2)28(15-18-9-7-8-17(3)13-18)23(30)16-29(34(4,32)33)19-10-11-20(25)21(26)14-19/h7-11,13-14,22H,5-6,12,15-16H2,1-4H3,(H,27,31)/t22-/m0/s1. The minimum atomic E-state index is -4.03. The summed E-state index contributed by atoms with van der Waals surface area (Å²) in [5.41, 5.74) is 1.55. The summed E-state index contributed by atoms with van der Waals surface area (Å²) < 4.78 is 52.8. The molecule has 0 bridgehead atoms. The van der Waals surface area contributed by atoms with Gasteiger partial charge in [0.1, 0.15) is 12.6 Å². The van der Waals surface area contributed by atoms with Crippen molar-refractivity contribution >= 4 is 27.5 Å². The second-order valence-corrected chi connectivity index (χ2v) is 10.0. The molecule has 0 aliphatic carbocycles. The van der Waals surface area contributed by atoms with Gasteiger partial charge in [0.2, 0.25) is 21.8 Å². The van der Waals surface area contributed by atoms with Crippen molar-refractivity contribution in [3.63, 3.8) is 0 Å². The quantitative estimate of drug-likeness (QED) is 0.518. The van der Waals surface area contributed by atoms with Gasteiger partial charge in [-0.3, -0.25) is 13.9 Å². The van der Waals surface area contributed by atoms with E-state index in [0.29, 0.717) is 23.7 Å². The van der Waals surface area contributed by atoms with E-state index in [9.17, 15) is 26.8 Å². The molecule has 2 aromatic carbocycles. The first-order valence-electron chi connectivity index (χ1n) is 11.0. The third kappa shape index (κ3) is 7.24. The second-order valence-electron chi connectivity index (χ2n) is 8.09. The van der Waals surface area contributed by atoms with E-state index in [2.05, 4.69) is 5.32 Å². The number of hydrogen-bond donors (Lipinski definition) is 1. The number of halogens is 2. The van der Waals surface area contributed by atoms with Crippen LogP contribution in [0.1, 0.15) is 37.8 Å². The Balaban J connectivity index is 2.44. The molecular weight excluding hydrogens is 464 g/mol. The van der Waals surface area contributed by atoms with E-state index in [-0.39, 0.29) is 18.1 Å². The average molecular weight is 496 g/mol. The van der Waals surface area contributed by atoms with E-state index in [4.69, 9.17) is 0 Å². The molecule has 10 heteroatoms. The number of rotatable bonds is 11. The Bertz CT molecular complexity index is 1120. The molecule has 2 amide bonds. The zero-order valence-corrected chi connectivity index (χ0v) is 20.7. The van der Waals surface area contributed by atoms with Crippen LogP contribution in [0.25, 0.3) is 0 Å². The van der Waals surface area contributed by atoms with Crippen molar-refractivity contribution in [3.8, 4) is 0 Å². The molecule has 0 aliphatic rings. The van der Waals surface area contributed by atoms with Gasteiger partial charge >= 0.3 is 0 Å². The lowest BCUT2D eigenvalue weighted by Crippen LogP contribution is -2.52. The first-order chi connectivity index (χ1) is 16.0. The van der Waals surface area contributed by atoms with Gasteiger partial charge in [-0.1, -0.05) is 43.7 Å². The molecule has 0 saturated carbocycles. The van der Waals surface area contributed by atoms with Gasteiger partial charge in [0.25, 0.3) is 0 Å². The third-order valence-electron chi connectivity index (χ3n) is 5.24. The second kappa shape index (κ2) is 11.9. The molecule has 1 atom stereocenters. The van der Waals surface area contributed by atoms with E-state index in [0.717, 1.165) is 35.6 Å². The topological polar surface area (TPSA) is 86.8 Å². The van der Waals surface area contributed by atoms with Crippen molar-refractivity contribution in [3.05, 3.63) is 65.2 Å². The van der Waals surface area contributed by atoms with Gasteiger partial charge in [0, 0.05) is 19.2 Å². The van der Waals surface area contributed by atoms with Crippen LogP contribution in [0.5, 0.6) is 0 Å². The van der Waals surface area contributed by atoms with Gasteiger partial charge in [0.05, 0.1) is 11.9 Å². The molecule has 0 heterocycles. The van der Waals surface area contributed by atoms with Crippen LogP contribution in [0.2, 0.25) is 0 Å². The summed E-state index contributed by atoms with van der Waals surface area (Å²) in [5.74, 6) is -3.36. The highest BCUT2D eigenvalue weighted by Gasteiger charge is 2.31. The number of amides is 2. The van der Waals surface area contributed by atoms with Crippen LogP contribution in [0.15, 0.2) is 42.5 Å². The van der Waals surface area contributed by atoms with Gasteiger partial charge in [-0.05, 0) is 37.5 Å². The molecule has 186 valence electrons. The highest BCUT2D eigenvalue weighted by atomic mass is 32.2. The number of nitrogens with one attached hydrogen (secondary N) is 1. The first kappa shape index (κ1) is 27.2.